The van der Waals surface area contributed by atoms with Crippen LogP contribution in [0, 0.1) is 17.0 Å². The maximum absolute atomic E-state index is 13.1. The highest BCUT2D eigenvalue weighted by Crippen LogP contribution is 2.22. The van der Waals surface area contributed by atoms with Gasteiger partial charge in [-0.15, -0.1) is 0 Å². The third kappa shape index (κ3) is 6.15. The lowest BCUT2D eigenvalue weighted by Gasteiger charge is -2.19. The summed E-state index contributed by atoms with van der Waals surface area (Å²) < 4.78 is 33.8. The van der Waals surface area contributed by atoms with E-state index >= 15 is 0 Å². The molecule has 9 nitrogen and oxygen atoms in total. The first-order valence-corrected chi connectivity index (χ1v) is 11.4. The summed E-state index contributed by atoms with van der Waals surface area (Å²) in [4.78, 5) is 23.5. The quantitative estimate of drug-likeness (QED) is 0.365. The average molecular weight is 470 g/mol. The van der Waals surface area contributed by atoms with E-state index in [0.717, 1.165) is 5.56 Å². The zero-order valence-electron chi connectivity index (χ0n) is 18.0. The molecular weight excluding hydrogens is 446 g/mol. The summed E-state index contributed by atoms with van der Waals surface area (Å²) in [6, 6.07) is 17.6. The highest BCUT2D eigenvalue weighted by Gasteiger charge is 2.27. The Bertz CT molecular complexity index is 1260. The number of sulfonamides is 1. The molecule has 1 amide bonds. The van der Waals surface area contributed by atoms with Gasteiger partial charge in [0.25, 0.3) is 5.69 Å². The summed E-state index contributed by atoms with van der Waals surface area (Å²) in [6.07, 6.45) is 0.0793. The molecule has 0 aromatic heterocycles. The first-order chi connectivity index (χ1) is 15.7. The number of benzene rings is 3. The van der Waals surface area contributed by atoms with Gasteiger partial charge in [-0.25, -0.2) is 8.42 Å². The van der Waals surface area contributed by atoms with Crippen LogP contribution in [-0.2, 0) is 21.2 Å². The summed E-state index contributed by atoms with van der Waals surface area (Å²) in [5, 5.41) is 13.6. The van der Waals surface area contributed by atoms with Gasteiger partial charge in [0.2, 0.25) is 15.9 Å². The second kappa shape index (κ2) is 10.2. The molecule has 0 spiro atoms. The van der Waals surface area contributed by atoms with Gasteiger partial charge in [0, 0.05) is 17.8 Å². The number of anilines is 1. The summed E-state index contributed by atoms with van der Waals surface area (Å²) in [5.74, 6) is -0.105. The molecule has 10 heteroatoms. The molecule has 172 valence electrons. The third-order valence-corrected chi connectivity index (χ3v) is 6.37. The van der Waals surface area contributed by atoms with Crippen LogP contribution in [0.3, 0.4) is 0 Å². The van der Waals surface area contributed by atoms with Crippen molar-refractivity contribution in [1.29, 1.82) is 0 Å². The Morgan fingerprint density at radius 2 is 1.79 bits per heavy atom. The van der Waals surface area contributed by atoms with Crippen molar-refractivity contribution >= 4 is 27.3 Å². The molecular formula is C23H23N3O6S. The van der Waals surface area contributed by atoms with E-state index in [9.17, 15) is 23.3 Å². The number of nitro benzene ring substituents is 1. The van der Waals surface area contributed by atoms with E-state index in [0.29, 0.717) is 11.3 Å². The number of amides is 1. The van der Waals surface area contributed by atoms with Crippen molar-refractivity contribution in [3.05, 3.63) is 94.0 Å². The molecule has 0 saturated carbocycles. The van der Waals surface area contributed by atoms with Crippen LogP contribution >= 0.6 is 0 Å². The SMILES string of the molecule is COc1ccc(S(=O)(=O)NC(Cc2ccccc2)C(=O)Nc2cccc([N+](=O)[O-])c2)cc1C. The smallest absolute Gasteiger partial charge is 0.271 e. The Labute approximate surface area is 191 Å². The van der Waals surface area contributed by atoms with Crippen LogP contribution in [-0.4, -0.2) is 32.4 Å². The van der Waals surface area contributed by atoms with Crippen LogP contribution < -0.4 is 14.8 Å². The zero-order valence-corrected chi connectivity index (χ0v) is 18.8. The number of carbonyl (C=O) groups is 1. The minimum Gasteiger partial charge on any atom is -0.496 e. The van der Waals surface area contributed by atoms with E-state index < -0.39 is 26.9 Å². The molecule has 0 aliphatic heterocycles. The number of hydrogen-bond donors (Lipinski definition) is 2. The predicted molar refractivity (Wildman–Crippen MR) is 124 cm³/mol. The first kappa shape index (κ1) is 23.9. The summed E-state index contributed by atoms with van der Waals surface area (Å²) in [6.45, 7) is 1.72. The van der Waals surface area contributed by atoms with Gasteiger partial charge in [-0.05, 0) is 48.7 Å². The summed E-state index contributed by atoms with van der Waals surface area (Å²) >= 11 is 0. The largest absolute Gasteiger partial charge is 0.496 e. The van der Waals surface area contributed by atoms with E-state index in [1.807, 2.05) is 6.07 Å². The van der Waals surface area contributed by atoms with Crippen molar-refractivity contribution in [2.45, 2.75) is 24.3 Å². The zero-order chi connectivity index (χ0) is 24.0. The van der Waals surface area contributed by atoms with Gasteiger partial charge in [0.1, 0.15) is 11.8 Å². The number of methoxy groups -OCH3 is 1. The summed E-state index contributed by atoms with van der Waals surface area (Å²) in [5.41, 5.74) is 1.36. The van der Waals surface area contributed by atoms with Crippen LogP contribution in [0.4, 0.5) is 11.4 Å². The van der Waals surface area contributed by atoms with Crippen LogP contribution in [0.5, 0.6) is 5.75 Å². The number of ether oxygens (including phenoxy) is 1. The predicted octanol–water partition coefficient (Wildman–Crippen LogP) is 3.44. The number of nitrogens with zero attached hydrogens (tertiary/aromatic N) is 1. The monoisotopic (exact) mass is 469 g/mol. The number of aryl methyl sites for hydroxylation is 1. The Hall–Kier alpha value is -3.76. The lowest BCUT2D eigenvalue weighted by molar-refractivity contribution is -0.384. The Balaban J connectivity index is 1.89. The molecule has 0 saturated heterocycles. The fraction of sp³-hybridized carbons (Fsp3) is 0.174. The molecule has 0 heterocycles. The van der Waals surface area contributed by atoms with Crippen molar-refractivity contribution in [3.8, 4) is 5.75 Å². The number of carbonyl (C=O) groups excluding carboxylic acids is 1. The van der Waals surface area contributed by atoms with Crippen molar-refractivity contribution in [2.75, 3.05) is 12.4 Å². The van der Waals surface area contributed by atoms with Crippen LogP contribution in [0.1, 0.15) is 11.1 Å². The molecule has 0 fully saturated rings. The third-order valence-electron chi connectivity index (χ3n) is 4.90. The molecule has 1 unspecified atom stereocenters. The molecule has 33 heavy (non-hydrogen) atoms. The van der Waals surface area contributed by atoms with E-state index in [1.54, 1.807) is 37.3 Å². The van der Waals surface area contributed by atoms with Gasteiger partial charge >= 0.3 is 0 Å². The minimum absolute atomic E-state index is 0.0120. The van der Waals surface area contributed by atoms with Crippen LogP contribution in [0.15, 0.2) is 77.7 Å². The maximum atomic E-state index is 13.1. The average Bonchev–Trinajstić information content (AvgIpc) is 2.79. The number of nitrogens with one attached hydrogen (secondary N) is 2. The van der Waals surface area contributed by atoms with Gasteiger partial charge in [-0.1, -0.05) is 36.4 Å². The number of non-ortho nitro benzene ring substituents is 1. The topological polar surface area (TPSA) is 128 Å². The molecule has 3 aromatic rings. The summed E-state index contributed by atoms with van der Waals surface area (Å²) in [7, 11) is -2.57. The van der Waals surface area contributed by atoms with Crippen LogP contribution in [0.2, 0.25) is 0 Å². The Morgan fingerprint density at radius 3 is 2.42 bits per heavy atom. The number of hydrogen-bond acceptors (Lipinski definition) is 6. The molecule has 0 bridgehead atoms. The van der Waals surface area contributed by atoms with Crippen molar-refractivity contribution < 1.29 is 22.9 Å². The molecule has 3 rings (SSSR count). The van der Waals surface area contributed by atoms with E-state index in [-0.39, 0.29) is 22.7 Å². The fourth-order valence-corrected chi connectivity index (χ4v) is 4.52. The van der Waals surface area contributed by atoms with Gasteiger partial charge in [0.05, 0.1) is 16.9 Å². The van der Waals surface area contributed by atoms with Gasteiger partial charge < -0.3 is 10.1 Å². The number of rotatable bonds is 9. The Morgan fingerprint density at radius 1 is 1.06 bits per heavy atom. The first-order valence-electron chi connectivity index (χ1n) is 9.96. The van der Waals surface area contributed by atoms with Crippen molar-refractivity contribution in [2.24, 2.45) is 0 Å². The van der Waals surface area contributed by atoms with E-state index in [2.05, 4.69) is 10.0 Å². The van der Waals surface area contributed by atoms with Gasteiger partial charge in [-0.3, -0.25) is 14.9 Å². The Kier molecular flexibility index (Phi) is 7.41. The highest BCUT2D eigenvalue weighted by molar-refractivity contribution is 7.89. The lowest BCUT2D eigenvalue weighted by atomic mass is 10.1. The molecule has 1 atom stereocenters. The second-order valence-corrected chi connectivity index (χ2v) is 9.01. The molecule has 0 aliphatic rings. The van der Waals surface area contributed by atoms with E-state index in [1.165, 1.54) is 43.5 Å². The van der Waals surface area contributed by atoms with Gasteiger partial charge in [-0.2, -0.15) is 4.72 Å². The lowest BCUT2D eigenvalue weighted by Crippen LogP contribution is -2.45. The highest BCUT2D eigenvalue weighted by atomic mass is 32.2. The van der Waals surface area contributed by atoms with Gasteiger partial charge in [0.15, 0.2) is 0 Å². The van der Waals surface area contributed by atoms with E-state index in [4.69, 9.17) is 4.74 Å². The molecule has 0 radical (unpaired) electrons. The molecule has 0 aliphatic carbocycles. The van der Waals surface area contributed by atoms with Crippen molar-refractivity contribution in [3.63, 3.8) is 0 Å². The minimum atomic E-state index is -4.06. The fourth-order valence-electron chi connectivity index (χ4n) is 3.24. The molecule has 2 N–H and O–H groups in total. The maximum Gasteiger partial charge on any atom is 0.271 e. The van der Waals surface area contributed by atoms with Crippen molar-refractivity contribution in [1.82, 2.24) is 4.72 Å². The number of nitro groups is 1. The standard InChI is InChI=1S/C23H23N3O6S/c1-16-13-20(11-12-22(16)32-2)33(30,31)25-21(14-17-7-4-3-5-8-17)23(27)24-18-9-6-10-19(15-18)26(28)29/h3-13,15,21,25H,14H2,1-2H3,(H,24,27). The van der Waals surface area contributed by atoms with Crippen LogP contribution in [0.25, 0.3) is 0 Å². The molecule has 3 aromatic carbocycles. The normalized spacial score (nSPS) is 12.1. The second-order valence-electron chi connectivity index (χ2n) is 7.29.